The molecule has 0 bridgehead atoms. The summed E-state index contributed by atoms with van der Waals surface area (Å²) in [7, 11) is 0. The monoisotopic (exact) mass is 245 g/mol. The lowest BCUT2D eigenvalue weighted by Gasteiger charge is -2.35. The summed E-state index contributed by atoms with van der Waals surface area (Å²) in [4.78, 5) is 4.56. The van der Waals surface area contributed by atoms with E-state index >= 15 is 0 Å². The summed E-state index contributed by atoms with van der Waals surface area (Å²) in [6, 6.07) is 3.93. The first-order valence-corrected chi connectivity index (χ1v) is 6.55. The minimum atomic E-state index is 0.0245. The van der Waals surface area contributed by atoms with Crippen LogP contribution in [0.15, 0.2) is 29.1 Å². The average molecular weight is 245 g/mol. The summed E-state index contributed by atoms with van der Waals surface area (Å²) in [5, 5.41) is 3.62. The quantitative estimate of drug-likeness (QED) is 0.902. The molecular weight excluding hydrogens is 226 g/mol. The molecule has 0 saturated heterocycles. The van der Waals surface area contributed by atoms with Gasteiger partial charge in [0, 0.05) is 13.0 Å². The van der Waals surface area contributed by atoms with Gasteiger partial charge in [0.25, 0.3) is 0 Å². The van der Waals surface area contributed by atoms with Gasteiger partial charge < -0.3 is 14.3 Å². The Bertz CT molecular complexity index is 529. The summed E-state index contributed by atoms with van der Waals surface area (Å²) >= 11 is 0. The van der Waals surface area contributed by atoms with Crippen molar-refractivity contribution < 1.29 is 4.42 Å². The summed E-state index contributed by atoms with van der Waals surface area (Å²) in [6.45, 7) is 6.24. The van der Waals surface area contributed by atoms with Gasteiger partial charge >= 0.3 is 0 Å². The Kier molecular flexibility index (Phi) is 2.74. The maximum Gasteiger partial charge on any atom is 0.123 e. The first-order valence-electron chi connectivity index (χ1n) is 6.55. The molecule has 0 amide bonds. The van der Waals surface area contributed by atoms with Crippen LogP contribution < -0.4 is 5.32 Å². The normalized spacial score (nSPS) is 23.0. The van der Waals surface area contributed by atoms with E-state index in [1.807, 2.05) is 18.5 Å². The van der Waals surface area contributed by atoms with Crippen LogP contribution in [0.5, 0.6) is 0 Å². The number of nitrogens with zero attached hydrogens (tertiary/aromatic N) is 2. The van der Waals surface area contributed by atoms with Crippen LogP contribution in [0.2, 0.25) is 0 Å². The zero-order valence-corrected chi connectivity index (χ0v) is 10.9. The Labute approximate surface area is 107 Å². The third-order valence-electron chi connectivity index (χ3n) is 3.93. The Morgan fingerprint density at radius 2 is 2.44 bits per heavy atom. The molecule has 1 aliphatic rings. The third-order valence-corrected chi connectivity index (χ3v) is 3.93. The molecule has 4 nitrogen and oxygen atoms in total. The number of furan rings is 1. The number of nitrogens with one attached hydrogen (secondary N) is 1. The van der Waals surface area contributed by atoms with Gasteiger partial charge in [-0.05, 0) is 25.5 Å². The Morgan fingerprint density at radius 1 is 1.56 bits per heavy atom. The van der Waals surface area contributed by atoms with E-state index in [0.717, 1.165) is 31.7 Å². The molecule has 1 unspecified atom stereocenters. The van der Waals surface area contributed by atoms with Gasteiger partial charge in [-0.15, -0.1) is 0 Å². The SMILES string of the molecule is CCC1(C)NCCc2ncn(Cc3ccco3)c21. The van der Waals surface area contributed by atoms with Crippen LogP contribution in [-0.2, 0) is 18.5 Å². The highest BCUT2D eigenvalue weighted by atomic mass is 16.3. The van der Waals surface area contributed by atoms with Crippen molar-refractivity contribution in [1.29, 1.82) is 0 Å². The fourth-order valence-corrected chi connectivity index (χ4v) is 2.77. The number of hydrogen-bond donors (Lipinski definition) is 1. The second-order valence-corrected chi connectivity index (χ2v) is 5.11. The van der Waals surface area contributed by atoms with Crippen LogP contribution >= 0.6 is 0 Å². The van der Waals surface area contributed by atoms with Gasteiger partial charge in [-0.3, -0.25) is 0 Å². The molecule has 3 heterocycles. The van der Waals surface area contributed by atoms with E-state index in [1.54, 1.807) is 6.26 Å². The molecule has 0 fully saturated rings. The van der Waals surface area contributed by atoms with Gasteiger partial charge in [0.15, 0.2) is 0 Å². The van der Waals surface area contributed by atoms with Gasteiger partial charge in [0.2, 0.25) is 0 Å². The molecule has 2 aromatic heterocycles. The fraction of sp³-hybridized carbons (Fsp3) is 0.500. The lowest BCUT2D eigenvalue weighted by molar-refractivity contribution is 0.311. The highest BCUT2D eigenvalue weighted by Crippen LogP contribution is 2.31. The van der Waals surface area contributed by atoms with Crippen LogP contribution in [0.3, 0.4) is 0 Å². The van der Waals surface area contributed by atoms with Crippen molar-refractivity contribution in [3.63, 3.8) is 0 Å². The molecule has 1 atom stereocenters. The Hall–Kier alpha value is -1.55. The maximum absolute atomic E-state index is 5.43. The number of fused-ring (bicyclic) bond motifs is 1. The van der Waals surface area contributed by atoms with Gasteiger partial charge in [-0.2, -0.15) is 0 Å². The van der Waals surface area contributed by atoms with Crippen molar-refractivity contribution in [1.82, 2.24) is 14.9 Å². The first kappa shape index (κ1) is 11.5. The fourth-order valence-electron chi connectivity index (χ4n) is 2.77. The molecule has 0 spiro atoms. The largest absolute Gasteiger partial charge is 0.467 e. The minimum Gasteiger partial charge on any atom is -0.467 e. The van der Waals surface area contributed by atoms with E-state index in [2.05, 4.69) is 28.7 Å². The number of hydrogen-bond acceptors (Lipinski definition) is 3. The minimum absolute atomic E-state index is 0.0245. The van der Waals surface area contributed by atoms with E-state index < -0.39 is 0 Å². The van der Waals surface area contributed by atoms with Crippen molar-refractivity contribution in [3.05, 3.63) is 41.9 Å². The topological polar surface area (TPSA) is 43.0 Å². The average Bonchev–Trinajstić information content (AvgIpc) is 3.01. The van der Waals surface area contributed by atoms with Crippen LogP contribution in [0.25, 0.3) is 0 Å². The summed E-state index contributed by atoms with van der Waals surface area (Å²) in [6.07, 6.45) is 5.73. The van der Waals surface area contributed by atoms with Gasteiger partial charge in [-0.25, -0.2) is 4.98 Å². The predicted molar refractivity (Wildman–Crippen MR) is 69.4 cm³/mol. The van der Waals surface area contributed by atoms with E-state index in [4.69, 9.17) is 4.42 Å². The van der Waals surface area contributed by atoms with Crippen molar-refractivity contribution in [2.75, 3.05) is 6.54 Å². The van der Waals surface area contributed by atoms with Crippen molar-refractivity contribution >= 4 is 0 Å². The molecule has 96 valence electrons. The Morgan fingerprint density at radius 3 is 3.17 bits per heavy atom. The van der Waals surface area contributed by atoms with Crippen molar-refractivity contribution in [2.45, 2.75) is 38.8 Å². The smallest absolute Gasteiger partial charge is 0.123 e. The highest BCUT2D eigenvalue weighted by Gasteiger charge is 2.34. The van der Waals surface area contributed by atoms with E-state index in [0.29, 0.717) is 0 Å². The summed E-state index contributed by atoms with van der Waals surface area (Å²) in [5.41, 5.74) is 2.56. The highest BCUT2D eigenvalue weighted by molar-refractivity contribution is 5.26. The molecule has 1 N–H and O–H groups in total. The lowest BCUT2D eigenvalue weighted by Crippen LogP contribution is -2.45. The summed E-state index contributed by atoms with van der Waals surface area (Å²) < 4.78 is 7.64. The predicted octanol–water partition coefficient (Wildman–Crippen LogP) is 2.30. The standard InChI is InChI=1S/C14H19N3O/c1-3-14(2)13-12(6-7-16-14)15-10-17(13)9-11-5-4-8-18-11/h4-5,8,10,16H,3,6-7,9H2,1-2H3. The molecule has 4 heteroatoms. The number of rotatable bonds is 3. The lowest BCUT2D eigenvalue weighted by atomic mass is 9.88. The molecular formula is C14H19N3O. The van der Waals surface area contributed by atoms with Gasteiger partial charge in [0.1, 0.15) is 5.76 Å². The zero-order chi connectivity index (χ0) is 12.6. The molecule has 0 aliphatic carbocycles. The molecule has 0 radical (unpaired) electrons. The molecule has 1 aliphatic heterocycles. The molecule has 18 heavy (non-hydrogen) atoms. The van der Waals surface area contributed by atoms with E-state index in [1.165, 1.54) is 11.4 Å². The zero-order valence-electron chi connectivity index (χ0n) is 10.9. The van der Waals surface area contributed by atoms with Crippen LogP contribution in [0.1, 0.15) is 37.4 Å². The van der Waals surface area contributed by atoms with Crippen molar-refractivity contribution in [2.24, 2.45) is 0 Å². The van der Waals surface area contributed by atoms with Gasteiger partial charge in [0.05, 0.1) is 36.1 Å². The van der Waals surface area contributed by atoms with Gasteiger partial charge in [-0.1, -0.05) is 6.92 Å². The second kappa shape index (κ2) is 4.28. The second-order valence-electron chi connectivity index (χ2n) is 5.11. The Balaban J connectivity index is 2.00. The molecule has 2 aromatic rings. The van der Waals surface area contributed by atoms with Crippen LogP contribution in [0.4, 0.5) is 0 Å². The first-order chi connectivity index (χ1) is 8.73. The van der Waals surface area contributed by atoms with E-state index in [9.17, 15) is 0 Å². The molecule has 0 aromatic carbocycles. The van der Waals surface area contributed by atoms with Crippen LogP contribution in [0, 0.1) is 0 Å². The van der Waals surface area contributed by atoms with E-state index in [-0.39, 0.29) is 5.54 Å². The maximum atomic E-state index is 5.43. The molecule has 3 rings (SSSR count). The number of aromatic nitrogens is 2. The van der Waals surface area contributed by atoms with Crippen LogP contribution in [-0.4, -0.2) is 16.1 Å². The third kappa shape index (κ3) is 1.77. The number of imidazole rings is 1. The molecule has 0 saturated carbocycles. The van der Waals surface area contributed by atoms with Crippen molar-refractivity contribution in [3.8, 4) is 0 Å². The summed E-state index contributed by atoms with van der Waals surface area (Å²) in [5.74, 6) is 0.972.